The molecule has 1 heterocycles. The van der Waals surface area contributed by atoms with Crippen LogP contribution in [0.15, 0.2) is 60.7 Å². The van der Waals surface area contributed by atoms with Crippen LogP contribution in [0, 0.1) is 11.2 Å². The Morgan fingerprint density at radius 2 is 1.92 bits per heavy atom. The number of nitrogens with zero attached hydrogens (tertiary/aromatic N) is 1. The van der Waals surface area contributed by atoms with Crippen LogP contribution in [0.4, 0.5) is 10.1 Å². The highest BCUT2D eigenvalue weighted by Gasteiger charge is 2.66. The minimum absolute atomic E-state index is 0.283. The highest BCUT2D eigenvalue weighted by Crippen LogP contribution is 2.58. The summed E-state index contributed by atoms with van der Waals surface area (Å²) in [5.74, 6) is -1.23. The minimum atomic E-state index is -1.45. The zero-order valence-corrected chi connectivity index (χ0v) is 13.7. The maximum absolute atomic E-state index is 13.3. The van der Waals surface area contributed by atoms with Crippen LogP contribution in [0.1, 0.15) is 22.0 Å². The van der Waals surface area contributed by atoms with E-state index in [2.05, 4.69) is 6.58 Å². The number of ketones is 1. The van der Waals surface area contributed by atoms with Crippen LogP contribution in [0.5, 0.6) is 0 Å². The molecular formula is C20H16FNO3. The fourth-order valence-corrected chi connectivity index (χ4v) is 4.07. The molecule has 2 atom stereocenters. The molecule has 0 N–H and O–H groups in total. The number of hydrogen-bond donors (Lipinski definition) is 0. The molecule has 4 nitrogen and oxygen atoms in total. The summed E-state index contributed by atoms with van der Waals surface area (Å²) in [6, 6.07) is 12.6. The van der Waals surface area contributed by atoms with Gasteiger partial charge in [0.15, 0.2) is 11.2 Å². The third-order valence-corrected chi connectivity index (χ3v) is 5.16. The van der Waals surface area contributed by atoms with Crippen molar-refractivity contribution < 1.29 is 18.7 Å². The number of benzene rings is 2. The van der Waals surface area contributed by atoms with Gasteiger partial charge in [0.2, 0.25) is 0 Å². The van der Waals surface area contributed by atoms with Crippen molar-refractivity contribution in [3.8, 4) is 0 Å². The summed E-state index contributed by atoms with van der Waals surface area (Å²) in [6.07, 6.45) is 0. The summed E-state index contributed by atoms with van der Waals surface area (Å²) in [5.41, 5.74) is 1.04. The molecule has 2 aliphatic rings. The second kappa shape index (κ2) is 5.28. The number of Topliss-reactive ketones (excluding diaryl/α,β-unsaturated/α-hetero) is 1. The number of carbonyl (C=O) groups is 2. The number of fused-ring (bicyclic) bond motifs is 3. The Morgan fingerprint density at radius 3 is 2.60 bits per heavy atom. The summed E-state index contributed by atoms with van der Waals surface area (Å²) in [4.78, 5) is 27.9. The van der Waals surface area contributed by atoms with Gasteiger partial charge in [-0.1, -0.05) is 30.8 Å². The molecule has 2 aromatic rings. The Labute approximate surface area is 144 Å². The van der Waals surface area contributed by atoms with Crippen molar-refractivity contribution in [2.75, 3.05) is 18.6 Å². The van der Waals surface area contributed by atoms with Gasteiger partial charge in [-0.3, -0.25) is 9.59 Å². The van der Waals surface area contributed by atoms with E-state index >= 15 is 0 Å². The number of anilines is 1. The van der Waals surface area contributed by atoms with Gasteiger partial charge >= 0.3 is 5.97 Å². The lowest BCUT2D eigenvalue weighted by atomic mass is 9.77. The van der Waals surface area contributed by atoms with E-state index in [1.54, 1.807) is 24.3 Å². The van der Waals surface area contributed by atoms with E-state index in [4.69, 9.17) is 4.74 Å². The largest absolute Gasteiger partial charge is 0.468 e. The van der Waals surface area contributed by atoms with Gasteiger partial charge in [0.1, 0.15) is 5.82 Å². The van der Waals surface area contributed by atoms with Crippen LogP contribution >= 0.6 is 0 Å². The number of ether oxygens (including phenoxy) is 1. The van der Waals surface area contributed by atoms with E-state index in [9.17, 15) is 14.0 Å². The molecule has 0 unspecified atom stereocenters. The number of carbonyl (C=O) groups excluding carboxylic acids is 2. The molecule has 1 aliphatic heterocycles. The van der Waals surface area contributed by atoms with Crippen molar-refractivity contribution in [2.24, 2.45) is 5.41 Å². The molecule has 1 aliphatic carbocycles. The molecular weight excluding hydrogens is 321 g/mol. The predicted octanol–water partition coefficient (Wildman–Crippen LogP) is 3.30. The van der Waals surface area contributed by atoms with Crippen molar-refractivity contribution in [2.45, 2.75) is 6.04 Å². The van der Waals surface area contributed by atoms with Crippen LogP contribution in [-0.4, -0.2) is 25.4 Å². The maximum Gasteiger partial charge on any atom is 0.326 e. The van der Waals surface area contributed by atoms with Crippen molar-refractivity contribution in [1.82, 2.24) is 0 Å². The molecule has 0 bridgehead atoms. The lowest BCUT2D eigenvalue weighted by Crippen LogP contribution is -2.41. The van der Waals surface area contributed by atoms with Crippen LogP contribution < -0.4 is 4.90 Å². The van der Waals surface area contributed by atoms with Crippen molar-refractivity contribution in [3.05, 3.63) is 77.6 Å². The molecule has 0 spiro atoms. The normalized spacial score (nSPS) is 24.2. The summed E-state index contributed by atoms with van der Waals surface area (Å²) >= 11 is 0. The first kappa shape index (κ1) is 15.6. The fourth-order valence-electron chi connectivity index (χ4n) is 4.07. The SMILES string of the molecule is C=C1CN(c2ccc(F)cc2)[C@H]2c3ccccc3C(=O)[C@@]12C(=O)OC. The van der Waals surface area contributed by atoms with Gasteiger partial charge in [-0.25, -0.2) is 4.39 Å². The molecule has 4 rings (SSSR count). The molecule has 2 aromatic carbocycles. The van der Waals surface area contributed by atoms with Gasteiger partial charge in [-0.15, -0.1) is 0 Å². The molecule has 0 saturated carbocycles. The van der Waals surface area contributed by atoms with Gasteiger partial charge in [-0.2, -0.15) is 0 Å². The van der Waals surface area contributed by atoms with E-state index in [0.29, 0.717) is 17.7 Å². The van der Waals surface area contributed by atoms with Gasteiger partial charge in [-0.05, 0) is 35.4 Å². The zero-order chi connectivity index (χ0) is 17.8. The summed E-state index contributed by atoms with van der Waals surface area (Å²) in [7, 11) is 1.28. The Balaban J connectivity index is 1.95. The first-order chi connectivity index (χ1) is 12.0. The lowest BCUT2D eigenvalue weighted by molar-refractivity contribution is -0.147. The van der Waals surface area contributed by atoms with Gasteiger partial charge < -0.3 is 9.64 Å². The Bertz CT molecular complexity index is 905. The first-order valence-corrected chi connectivity index (χ1v) is 7.94. The summed E-state index contributed by atoms with van der Waals surface area (Å²) < 4.78 is 18.3. The summed E-state index contributed by atoms with van der Waals surface area (Å²) in [5, 5.41) is 0. The molecule has 126 valence electrons. The van der Waals surface area contributed by atoms with E-state index < -0.39 is 17.4 Å². The highest BCUT2D eigenvalue weighted by molar-refractivity contribution is 6.20. The first-order valence-electron chi connectivity index (χ1n) is 7.94. The predicted molar refractivity (Wildman–Crippen MR) is 90.8 cm³/mol. The second-order valence-electron chi connectivity index (χ2n) is 6.33. The van der Waals surface area contributed by atoms with E-state index in [0.717, 1.165) is 11.3 Å². The van der Waals surface area contributed by atoms with Crippen LogP contribution in [0.25, 0.3) is 0 Å². The van der Waals surface area contributed by atoms with Gasteiger partial charge in [0.05, 0.1) is 13.2 Å². The van der Waals surface area contributed by atoms with Gasteiger partial charge in [0.25, 0.3) is 0 Å². The maximum atomic E-state index is 13.3. The summed E-state index contributed by atoms with van der Waals surface area (Å²) in [6.45, 7) is 4.35. The Hall–Kier alpha value is -2.95. The molecule has 1 saturated heterocycles. The number of halogens is 1. The third kappa shape index (κ3) is 1.86. The molecule has 1 fully saturated rings. The van der Waals surface area contributed by atoms with Crippen molar-refractivity contribution in [3.63, 3.8) is 0 Å². The average Bonchev–Trinajstić information content (AvgIpc) is 3.08. The Morgan fingerprint density at radius 1 is 1.24 bits per heavy atom. The minimum Gasteiger partial charge on any atom is -0.468 e. The average molecular weight is 337 g/mol. The van der Waals surface area contributed by atoms with Gasteiger partial charge in [0, 0.05) is 17.8 Å². The molecule has 0 amide bonds. The topological polar surface area (TPSA) is 46.6 Å². The third-order valence-electron chi connectivity index (χ3n) is 5.16. The van der Waals surface area contributed by atoms with E-state index in [-0.39, 0.29) is 11.6 Å². The van der Waals surface area contributed by atoms with Crippen molar-refractivity contribution in [1.29, 1.82) is 0 Å². The zero-order valence-electron chi connectivity index (χ0n) is 13.7. The lowest BCUT2D eigenvalue weighted by Gasteiger charge is -2.30. The van der Waals surface area contributed by atoms with Crippen LogP contribution in [0.3, 0.4) is 0 Å². The standard InChI is InChI=1S/C20H16FNO3/c1-12-11-22(14-9-7-13(21)8-10-14)17-15-5-3-4-6-16(15)18(23)20(12,17)19(24)25-2/h3-10,17H,1,11H2,2H3/t17-,20+/m0/s1. The molecule has 0 radical (unpaired) electrons. The van der Waals surface area contributed by atoms with Crippen LogP contribution in [0.2, 0.25) is 0 Å². The van der Waals surface area contributed by atoms with E-state index in [1.807, 2.05) is 17.0 Å². The number of rotatable bonds is 2. The second-order valence-corrected chi connectivity index (χ2v) is 6.33. The monoisotopic (exact) mass is 337 g/mol. The fraction of sp³-hybridized carbons (Fsp3) is 0.200. The number of esters is 1. The van der Waals surface area contributed by atoms with E-state index in [1.165, 1.54) is 19.2 Å². The van der Waals surface area contributed by atoms with Crippen molar-refractivity contribution >= 4 is 17.4 Å². The molecule has 0 aromatic heterocycles. The van der Waals surface area contributed by atoms with Crippen LogP contribution in [-0.2, 0) is 9.53 Å². The molecule has 5 heteroatoms. The smallest absolute Gasteiger partial charge is 0.326 e. The Kier molecular flexibility index (Phi) is 3.29. The quantitative estimate of drug-likeness (QED) is 0.479. The number of hydrogen-bond acceptors (Lipinski definition) is 4. The number of methoxy groups -OCH3 is 1. The molecule has 25 heavy (non-hydrogen) atoms. The highest BCUT2D eigenvalue weighted by atomic mass is 19.1.